The number of aryl methyl sites for hydroxylation is 1. The first-order valence-electron chi connectivity index (χ1n) is 5.70. The Morgan fingerprint density at radius 1 is 1.45 bits per heavy atom. The third-order valence-electron chi connectivity index (χ3n) is 2.72. The van der Waals surface area contributed by atoms with E-state index < -0.39 is 16.4 Å². The second kappa shape index (κ2) is 5.52. The Labute approximate surface area is 113 Å². The van der Waals surface area contributed by atoms with Crippen molar-refractivity contribution in [3.8, 4) is 5.75 Å². The Balaban J connectivity index is 2.05. The van der Waals surface area contributed by atoms with E-state index in [1.165, 1.54) is 6.07 Å². The number of ketones is 1. The van der Waals surface area contributed by atoms with Gasteiger partial charge >= 0.3 is 5.69 Å². The van der Waals surface area contributed by atoms with Gasteiger partial charge in [-0.05, 0) is 18.2 Å². The number of halogens is 1. The first-order valence-corrected chi connectivity index (χ1v) is 5.70. The average Bonchev–Trinajstić information content (AvgIpc) is 2.82. The number of aromatic nitrogens is 1. The molecule has 20 heavy (non-hydrogen) atoms. The molecule has 0 aliphatic rings. The SMILES string of the molecule is Cn1cccc1C(=O)COc1ccc([N+](=O)[O-])c(F)c1. The Hall–Kier alpha value is -2.70. The number of carbonyl (C=O) groups is 1. The third kappa shape index (κ3) is 2.82. The van der Waals surface area contributed by atoms with Crippen molar-refractivity contribution in [1.29, 1.82) is 0 Å². The minimum Gasteiger partial charge on any atom is -0.485 e. The summed E-state index contributed by atoms with van der Waals surface area (Å²) in [5.74, 6) is -1.20. The molecule has 2 aromatic rings. The molecule has 0 aliphatic heterocycles. The highest BCUT2D eigenvalue weighted by molar-refractivity contribution is 5.95. The van der Waals surface area contributed by atoms with Crippen LogP contribution in [0.3, 0.4) is 0 Å². The Bertz CT molecular complexity index is 666. The summed E-state index contributed by atoms with van der Waals surface area (Å²) in [6.07, 6.45) is 1.72. The molecule has 2 rings (SSSR count). The molecule has 0 N–H and O–H groups in total. The van der Waals surface area contributed by atoms with Crippen molar-refractivity contribution < 1.29 is 18.8 Å². The van der Waals surface area contributed by atoms with Crippen molar-refractivity contribution in [2.45, 2.75) is 0 Å². The molecule has 6 nitrogen and oxygen atoms in total. The zero-order valence-electron chi connectivity index (χ0n) is 10.6. The summed E-state index contributed by atoms with van der Waals surface area (Å²) in [6, 6.07) is 6.49. The second-order valence-corrected chi connectivity index (χ2v) is 4.09. The molecule has 1 heterocycles. The largest absolute Gasteiger partial charge is 0.485 e. The first kappa shape index (κ1) is 13.7. The van der Waals surface area contributed by atoms with E-state index in [4.69, 9.17) is 4.74 Å². The predicted molar refractivity (Wildman–Crippen MR) is 68.3 cm³/mol. The van der Waals surface area contributed by atoms with Crippen LogP contribution in [-0.2, 0) is 7.05 Å². The van der Waals surface area contributed by atoms with Gasteiger partial charge in [-0.2, -0.15) is 4.39 Å². The lowest BCUT2D eigenvalue weighted by Gasteiger charge is -2.06. The molecule has 0 amide bonds. The van der Waals surface area contributed by atoms with Crippen LogP contribution < -0.4 is 4.74 Å². The number of benzene rings is 1. The van der Waals surface area contributed by atoms with Crippen LogP contribution in [0.15, 0.2) is 36.5 Å². The van der Waals surface area contributed by atoms with Gasteiger partial charge in [-0.25, -0.2) is 0 Å². The van der Waals surface area contributed by atoms with Gasteiger partial charge in [0, 0.05) is 25.4 Å². The number of nitro groups is 1. The summed E-state index contributed by atoms with van der Waals surface area (Å²) < 4.78 is 20.1. The molecule has 0 unspecified atom stereocenters. The molecule has 1 aromatic carbocycles. The minimum atomic E-state index is -1.00. The second-order valence-electron chi connectivity index (χ2n) is 4.09. The summed E-state index contributed by atoms with van der Waals surface area (Å²) in [5.41, 5.74) is -0.168. The van der Waals surface area contributed by atoms with Crippen molar-refractivity contribution in [3.63, 3.8) is 0 Å². The molecule has 0 saturated carbocycles. The van der Waals surface area contributed by atoms with Crippen molar-refractivity contribution in [2.24, 2.45) is 7.05 Å². The summed E-state index contributed by atoms with van der Waals surface area (Å²) in [6.45, 7) is -0.269. The van der Waals surface area contributed by atoms with E-state index in [1.807, 2.05) is 0 Å². The topological polar surface area (TPSA) is 74.4 Å². The van der Waals surface area contributed by atoms with Crippen molar-refractivity contribution in [1.82, 2.24) is 4.57 Å². The highest BCUT2D eigenvalue weighted by Crippen LogP contribution is 2.22. The van der Waals surface area contributed by atoms with Crippen LogP contribution in [0.1, 0.15) is 10.5 Å². The highest BCUT2D eigenvalue weighted by atomic mass is 19.1. The van der Waals surface area contributed by atoms with Gasteiger partial charge in [-0.3, -0.25) is 14.9 Å². The molecule has 0 radical (unpaired) electrons. The Morgan fingerprint density at radius 3 is 2.75 bits per heavy atom. The molecule has 0 aliphatic carbocycles. The third-order valence-corrected chi connectivity index (χ3v) is 2.72. The average molecular weight is 278 g/mol. The Morgan fingerprint density at radius 2 is 2.20 bits per heavy atom. The van der Waals surface area contributed by atoms with E-state index in [0.717, 1.165) is 12.1 Å². The maximum atomic E-state index is 13.4. The number of nitro benzene ring substituents is 1. The van der Waals surface area contributed by atoms with E-state index in [9.17, 15) is 19.3 Å². The minimum absolute atomic E-state index is 0.0654. The lowest BCUT2D eigenvalue weighted by molar-refractivity contribution is -0.387. The van der Waals surface area contributed by atoms with Crippen molar-refractivity contribution >= 4 is 11.5 Å². The molecule has 1 aromatic heterocycles. The van der Waals surface area contributed by atoms with Crippen LogP contribution in [-0.4, -0.2) is 21.9 Å². The lowest BCUT2D eigenvalue weighted by Crippen LogP contribution is -2.14. The van der Waals surface area contributed by atoms with Gasteiger partial charge in [0.25, 0.3) is 0 Å². The molecule has 104 valence electrons. The van der Waals surface area contributed by atoms with Crippen molar-refractivity contribution in [3.05, 3.63) is 58.2 Å². The number of hydrogen-bond donors (Lipinski definition) is 0. The molecule has 7 heteroatoms. The normalized spacial score (nSPS) is 10.3. The van der Waals surface area contributed by atoms with Gasteiger partial charge < -0.3 is 9.30 Å². The molecule has 0 spiro atoms. The van der Waals surface area contributed by atoms with Crippen LogP contribution in [0, 0.1) is 15.9 Å². The number of carbonyl (C=O) groups excluding carboxylic acids is 1. The van der Waals surface area contributed by atoms with Gasteiger partial charge in [0.2, 0.25) is 11.6 Å². The summed E-state index contributed by atoms with van der Waals surface area (Å²) in [7, 11) is 1.72. The van der Waals surface area contributed by atoms with Crippen LogP contribution in [0.4, 0.5) is 10.1 Å². The number of ether oxygens (including phenoxy) is 1. The van der Waals surface area contributed by atoms with Crippen LogP contribution in [0.5, 0.6) is 5.75 Å². The highest BCUT2D eigenvalue weighted by Gasteiger charge is 2.15. The standard InChI is InChI=1S/C13H11FN2O4/c1-15-6-2-3-12(15)13(17)8-20-9-4-5-11(16(18)19)10(14)7-9/h2-7H,8H2,1H3. The van der Waals surface area contributed by atoms with Crippen molar-refractivity contribution in [2.75, 3.05) is 6.61 Å². The Kier molecular flexibility index (Phi) is 3.79. The van der Waals surface area contributed by atoms with Gasteiger partial charge in [0.1, 0.15) is 5.75 Å². The summed E-state index contributed by atoms with van der Waals surface area (Å²) >= 11 is 0. The van der Waals surface area contributed by atoms with E-state index in [2.05, 4.69) is 0 Å². The molecule has 0 saturated heterocycles. The van der Waals surface area contributed by atoms with Crippen LogP contribution in [0.2, 0.25) is 0 Å². The van der Waals surface area contributed by atoms with E-state index >= 15 is 0 Å². The fraction of sp³-hybridized carbons (Fsp3) is 0.154. The predicted octanol–water partition coefficient (Wildman–Crippen LogP) is 2.33. The quantitative estimate of drug-likeness (QED) is 0.478. The summed E-state index contributed by atoms with van der Waals surface area (Å²) in [4.78, 5) is 21.4. The first-order chi connectivity index (χ1) is 9.49. The zero-order valence-corrected chi connectivity index (χ0v) is 10.6. The number of rotatable bonds is 5. The van der Waals surface area contributed by atoms with Gasteiger partial charge in [-0.1, -0.05) is 0 Å². The fourth-order valence-corrected chi connectivity index (χ4v) is 1.70. The molecule has 0 bridgehead atoms. The molecule has 0 fully saturated rings. The van der Waals surface area contributed by atoms with Gasteiger partial charge in [-0.15, -0.1) is 0 Å². The zero-order chi connectivity index (χ0) is 14.7. The van der Waals surface area contributed by atoms with Crippen LogP contribution >= 0.6 is 0 Å². The monoisotopic (exact) mass is 278 g/mol. The van der Waals surface area contributed by atoms with E-state index in [1.54, 1.807) is 29.9 Å². The fourth-order valence-electron chi connectivity index (χ4n) is 1.70. The lowest BCUT2D eigenvalue weighted by atomic mass is 10.3. The summed E-state index contributed by atoms with van der Waals surface area (Å²) in [5, 5.41) is 10.5. The molecular weight excluding hydrogens is 267 g/mol. The number of nitrogens with zero attached hydrogens (tertiary/aromatic N) is 2. The maximum Gasteiger partial charge on any atom is 0.305 e. The van der Waals surface area contributed by atoms with E-state index in [-0.39, 0.29) is 18.1 Å². The van der Waals surface area contributed by atoms with E-state index in [0.29, 0.717) is 5.69 Å². The van der Waals surface area contributed by atoms with Gasteiger partial charge in [0.05, 0.1) is 10.6 Å². The van der Waals surface area contributed by atoms with Gasteiger partial charge in [0.15, 0.2) is 6.61 Å². The van der Waals surface area contributed by atoms with Crippen LogP contribution in [0.25, 0.3) is 0 Å². The molecule has 0 atom stereocenters. The number of Topliss-reactive ketones (excluding diaryl/α,β-unsaturated/α-hetero) is 1. The maximum absolute atomic E-state index is 13.4. The smallest absolute Gasteiger partial charge is 0.305 e. The number of hydrogen-bond acceptors (Lipinski definition) is 4. The molecular formula is C13H11FN2O4.